The lowest BCUT2D eigenvalue weighted by atomic mass is 9.73. The van der Waals surface area contributed by atoms with Crippen molar-refractivity contribution in [1.29, 1.82) is 0 Å². The highest BCUT2D eigenvalue weighted by Crippen LogP contribution is 2.37. The van der Waals surface area contributed by atoms with Gasteiger partial charge in [0.1, 0.15) is 5.75 Å². The first-order valence-electron chi connectivity index (χ1n) is 8.25. The van der Waals surface area contributed by atoms with E-state index in [4.69, 9.17) is 9.47 Å². The van der Waals surface area contributed by atoms with E-state index in [9.17, 15) is 4.79 Å². The maximum absolute atomic E-state index is 13.2. The van der Waals surface area contributed by atoms with Crippen LogP contribution in [-0.4, -0.2) is 26.2 Å². The van der Waals surface area contributed by atoms with Gasteiger partial charge in [0.15, 0.2) is 0 Å². The number of amides is 1. The molecule has 1 heterocycles. The minimum atomic E-state index is -0.563. The van der Waals surface area contributed by atoms with Crippen LogP contribution in [0.3, 0.4) is 0 Å². The first kappa shape index (κ1) is 16.5. The normalized spacial score (nSPS) is 16.4. The molecular weight excluding hydrogens is 302 g/mol. The van der Waals surface area contributed by atoms with Crippen LogP contribution < -0.4 is 10.1 Å². The highest BCUT2D eigenvalue weighted by Gasteiger charge is 2.41. The third-order valence-electron chi connectivity index (χ3n) is 4.82. The number of anilines is 1. The molecule has 0 spiro atoms. The average molecular weight is 325 g/mol. The molecule has 1 aliphatic heterocycles. The highest BCUT2D eigenvalue weighted by atomic mass is 16.5. The molecule has 1 amide bonds. The van der Waals surface area contributed by atoms with E-state index in [1.54, 1.807) is 7.11 Å². The highest BCUT2D eigenvalue weighted by molar-refractivity contribution is 5.99. The van der Waals surface area contributed by atoms with Crippen LogP contribution in [0.15, 0.2) is 48.5 Å². The Morgan fingerprint density at radius 1 is 1.08 bits per heavy atom. The zero-order valence-corrected chi connectivity index (χ0v) is 14.2. The van der Waals surface area contributed by atoms with Gasteiger partial charge >= 0.3 is 0 Å². The molecule has 1 N–H and O–H groups in total. The number of aryl methyl sites for hydroxylation is 1. The summed E-state index contributed by atoms with van der Waals surface area (Å²) in [6.45, 7) is 3.18. The van der Waals surface area contributed by atoms with Crippen LogP contribution >= 0.6 is 0 Å². The minimum absolute atomic E-state index is 0.0327. The molecule has 4 heteroatoms. The smallest absolute Gasteiger partial charge is 0.235 e. The Morgan fingerprint density at radius 3 is 2.38 bits per heavy atom. The molecule has 126 valence electrons. The molecule has 0 atom stereocenters. The van der Waals surface area contributed by atoms with Crippen LogP contribution in [0.4, 0.5) is 5.69 Å². The number of carbonyl (C=O) groups is 1. The van der Waals surface area contributed by atoms with E-state index in [0.29, 0.717) is 26.1 Å². The van der Waals surface area contributed by atoms with Crippen molar-refractivity contribution in [2.75, 3.05) is 25.6 Å². The summed E-state index contributed by atoms with van der Waals surface area (Å²) in [5, 5.41) is 3.12. The van der Waals surface area contributed by atoms with Gasteiger partial charge in [-0.15, -0.1) is 0 Å². The molecular formula is C20H23NO3. The van der Waals surface area contributed by atoms with Crippen LogP contribution in [0.25, 0.3) is 0 Å². The topological polar surface area (TPSA) is 47.6 Å². The van der Waals surface area contributed by atoms with Gasteiger partial charge in [0, 0.05) is 18.9 Å². The van der Waals surface area contributed by atoms with Crippen LogP contribution in [0, 0.1) is 6.92 Å². The first-order chi connectivity index (χ1) is 11.7. The van der Waals surface area contributed by atoms with Gasteiger partial charge in [0.2, 0.25) is 5.91 Å². The molecule has 3 rings (SSSR count). The van der Waals surface area contributed by atoms with E-state index >= 15 is 0 Å². The Hall–Kier alpha value is -2.33. The van der Waals surface area contributed by atoms with Gasteiger partial charge < -0.3 is 14.8 Å². The second-order valence-electron chi connectivity index (χ2n) is 6.19. The number of nitrogens with one attached hydrogen (secondary N) is 1. The summed E-state index contributed by atoms with van der Waals surface area (Å²) < 4.78 is 10.7. The Labute approximate surface area is 142 Å². The summed E-state index contributed by atoms with van der Waals surface area (Å²) in [7, 11) is 1.64. The summed E-state index contributed by atoms with van der Waals surface area (Å²) >= 11 is 0. The van der Waals surface area contributed by atoms with E-state index in [-0.39, 0.29) is 5.91 Å². The van der Waals surface area contributed by atoms with Gasteiger partial charge in [0.05, 0.1) is 12.5 Å². The monoisotopic (exact) mass is 325 g/mol. The number of rotatable bonds is 4. The average Bonchev–Trinajstić information content (AvgIpc) is 2.64. The third kappa shape index (κ3) is 3.15. The number of hydrogen-bond acceptors (Lipinski definition) is 3. The van der Waals surface area contributed by atoms with Gasteiger partial charge in [-0.25, -0.2) is 0 Å². The Kier molecular flexibility index (Phi) is 4.86. The number of benzene rings is 2. The maximum atomic E-state index is 13.2. The van der Waals surface area contributed by atoms with Crippen LogP contribution in [0.5, 0.6) is 5.75 Å². The molecule has 0 bridgehead atoms. The Balaban J connectivity index is 1.92. The Morgan fingerprint density at radius 2 is 1.75 bits per heavy atom. The summed E-state index contributed by atoms with van der Waals surface area (Å²) in [4.78, 5) is 13.2. The molecule has 1 saturated heterocycles. The van der Waals surface area contributed by atoms with Crippen molar-refractivity contribution in [3.8, 4) is 5.75 Å². The van der Waals surface area contributed by atoms with Crippen LogP contribution in [0.2, 0.25) is 0 Å². The molecule has 1 aliphatic rings. The lowest BCUT2D eigenvalue weighted by Crippen LogP contribution is -2.44. The molecule has 1 fully saturated rings. The fourth-order valence-corrected chi connectivity index (χ4v) is 3.23. The molecule has 2 aromatic rings. The molecule has 0 unspecified atom stereocenters. The second kappa shape index (κ2) is 7.05. The fourth-order valence-electron chi connectivity index (χ4n) is 3.23. The van der Waals surface area contributed by atoms with Crippen LogP contribution in [0.1, 0.15) is 24.0 Å². The number of methoxy groups -OCH3 is 1. The van der Waals surface area contributed by atoms with E-state index in [2.05, 4.69) is 5.32 Å². The molecule has 0 aliphatic carbocycles. The zero-order valence-electron chi connectivity index (χ0n) is 14.2. The molecule has 0 aromatic heterocycles. The summed E-state index contributed by atoms with van der Waals surface area (Å²) in [5.41, 5.74) is 2.37. The lowest BCUT2D eigenvalue weighted by molar-refractivity contribution is -0.125. The SMILES string of the molecule is COc1ccc(C2(C(=O)Nc3ccccc3C)CCOCC2)cc1. The van der Waals surface area contributed by atoms with Crippen LogP contribution in [-0.2, 0) is 14.9 Å². The molecule has 0 saturated carbocycles. The van der Waals surface area contributed by atoms with Crippen molar-refractivity contribution in [2.24, 2.45) is 0 Å². The largest absolute Gasteiger partial charge is 0.497 e. The van der Waals surface area contributed by atoms with E-state index < -0.39 is 5.41 Å². The van der Waals surface area contributed by atoms with Gasteiger partial charge in [-0.2, -0.15) is 0 Å². The van der Waals surface area contributed by atoms with Gasteiger partial charge in [-0.1, -0.05) is 30.3 Å². The van der Waals surface area contributed by atoms with Crippen molar-refractivity contribution in [3.05, 3.63) is 59.7 Å². The van der Waals surface area contributed by atoms with E-state index in [1.165, 1.54) is 0 Å². The van der Waals surface area contributed by atoms with Crippen molar-refractivity contribution in [3.63, 3.8) is 0 Å². The predicted molar refractivity (Wildman–Crippen MR) is 94.5 cm³/mol. The summed E-state index contributed by atoms with van der Waals surface area (Å²) in [6, 6.07) is 15.6. The molecule has 24 heavy (non-hydrogen) atoms. The number of ether oxygens (including phenoxy) is 2. The van der Waals surface area contributed by atoms with Gasteiger partial charge in [0.25, 0.3) is 0 Å². The second-order valence-corrected chi connectivity index (χ2v) is 6.19. The van der Waals surface area contributed by atoms with Crippen molar-refractivity contribution >= 4 is 11.6 Å². The number of hydrogen-bond donors (Lipinski definition) is 1. The Bertz CT molecular complexity index is 703. The maximum Gasteiger partial charge on any atom is 0.235 e. The summed E-state index contributed by atoms with van der Waals surface area (Å²) in [5.74, 6) is 0.825. The zero-order chi connectivity index (χ0) is 17.0. The van der Waals surface area contributed by atoms with Gasteiger partial charge in [-0.05, 0) is 49.1 Å². The quantitative estimate of drug-likeness (QED) is 0.932. The minimum Gasteiger partial charge on any atom is -0.497 e. The third-order valence-corrected chi connectivity index (χ3v) is 4.82. The predicted octanol–water partition coefficient (Wildman–Crippen LogP) is 3.69. The number of para-hydroxylation sites is 1. The molecule has 0 radical (unpaired) electrons. The summed E-state index contributed by atoms with van der Waals surface area (Å²) in [6.07, 6.45) is 1.36. The fraction of sp³-hybridized carbons (Fsp3) is 0.350. The van der Waals surface area contributed by atoms with Crippen molar-refractivity contribution < 1.29 is 14.3 Å². The van der Waals surface area contributed by atoms with E-state index in [0.717, 1.165) is 22.6 Å². The van der Waals surface area contributed by atoms with E-state index in [1.807, 2.05) is 55.5 Å². The lowest BCUT2D eigenvalue weighted by Gasteiger charge is -2.36. The first-order valence-corrected chi connectivity index (χ1v) is 8.25. The van der Waals surface area contributed by atoms with Crippen molar-refractivity contribution in [1.82, 2.24) is 0 Å². The molecule has 4 nitrogen and oxygen atoms in total. The van der Waals surface area contributed by atoms with Gasteiger partial charge in [-0.3, -0.25) is 4.79 Å². The van der Waals surface area contributed by atoms with Crippen molar-refractivity contribution in [2.45, 2.75) is 25.2 Å². The molecule has 2 aromatic carbocycles. The standard InChI is InChI=1S/C20H23NO3/c1-15-5-3-4-6-18(15)21-19(22)20(11-13-24-14-12-20)16-7-9-17(23-2)10-8-16/h3-10H,11-14H2,1-2H3,(H,21,22). The number of carbonyl (C=O) groups excluding carboxylic acids is 1.